The molecule has 0 saturated heterocycles. The van der Waals surface area contributed by atoms with Gasteiger partial charge >= 0.3 is 5.97 Å². The van der Waals surface area contributed by atoms with Crippen molar-refractivity contribution in [2.45, 2.75) is 19.4 Å². The molecule has 0 heterocycles. The zero-order chi connectivity index (χ0) is 6.78. The molecule has 0 aromatic carbocycles. The molecule has 0 saturated carbocycles. The number of hydrogen-bond donors (Lipinski definition) is 2. The van der Waals surface area contributed by atoms with Crippen LogP contribution in [-0.4, -0.2) is 23.7 Å². The minimum absolute atomic E-state index is 0. The molecule has 2 N–H and O–H groups in total. The van der Waals surface area contributed by atoms with Gasteiger partial charge in [0.25, 0.3) is 0 Å². The van der Waals surface area contributed by atoms with Crippen molar-refractivity contribution in [2.75, 3.05) is 7.05 Å². The molecule has 0 spiro atoms. The van der Waals surface area contributed by atoms with Crippen LogP contribution in [0.3, 0.4) is 0 Å². The zero-order valence-corrected chi connectivity index (χ0v) is 6.58. The van der Waals surface area contributed by atoms with E-state index in [9.17, 15) is 4.79 Å². The van der Waals surface area contributed by atoms with Crippen LogP contribution in [0.25, 0.3) is 0 Å². The number of carboxylic acids is 1. The molecule has 0 bridgehead atoms. The van der Waals surface area contributed by atoms with Gasteiger partial charge < -0.3 is 10.4 Å². The SMILES string of the molecule is CNC(C)(C)C(=O)O.Cl. The minimum Gasteiger partial charge on any atom is -0.480 e. The maximum atomic E-state index is 10.2. The summed E-state index contributed by atoms with van der Waals surface area (Å²) in [5.74, 6) is -0.833. The highest BCUT2D eigenvalue weighted by Gasteiger charge is 2.23. The summed E-state index contributed by atoms with van der Waals surface area (Å²) in [7, 11) is 1.62. The van der Waals surface area contributed by atoms with E-state index in [1.807, 2.05) is 0 Å². The molecule has 0 aliphatic heterocycles. The fourth-order valence-corrected chi connectivity index (χ4v) is 0.107. The number of nitrogens with one attached hydrogen (secondary N) is 1. The van der Waals surface area contributed by atoms with Gasteiger partial charge in [-0.3, -0.25) is 4.79 Å². The highest BCUT2D eigenvalue weighted by atomic mass is 35.5. The van der Waals surface area contributed by atoms with E-state index in [0.29, 0.717) is 0 Å². The summed E-state index contributed by atoms with van der Waals surface area (Å²) in [4.78, 5) is 10.2. The van der Waals surface area contributed by atoms with Crippen LogP contribution in [0.5, 0.6) is 0 Å². The fourth-order valence-electron chi connectivity index (χ4n) is 0.107. The van der Waals surface area contributed by atoms with E-state index in [4.69, 9.17) is 5.11 Å². The first-order valence-corrected chi connectivity index (χ1v) is 2.43. The van der Waals surface area contributed by atoms with Crippen LogP contribution in [0.2, 0.25) is 0 Å². The summed E-state index contributed by atoms with van der Waals surface area (Å²) in [6.07, 6.45) is 0. The number of aliphatic carboxylic acids is 1. The third kappa shape index (κ3) is 3.32. The Balaban J connectivity index is 0. The largest absolute Gasteiger partial charge is 0.480 e. The third-order valence-electron chi connectivity index (χ3n) is 1.16. The Bertz CT molecular complexity index is 103. The van der Waals surface area contributed by atoms with Crippen molar-refractivity contribution in [2.24, 2.45) is 0 Å². The van der Waals surface area contributed by atoms with E-state index in [0.717, 1.165) is 0 Å². The minimum atomic E-state index is -0.833. The molecule has 0 aromatic heterocycles. The Hall–Kier alpha value is -0.280. The summed E-state index contributed by atoms with van der Waals surface area (Å²) in [6.45, 7) is 3.21. The number of hydrogen-bond acceptors (Lipinski definition) is 2. The van der Waals surface area contributed by atoms with E-state index < -0.39 is 11.5 Å². The molecule has 0 rings (SSSR count). The van der Waals surface area contributed by atoms with Gasteiger partial charge in [0.1, 0.15) is 5.54 Å². The van der Waals surface area contributed by atoms with Gasteiger partial charge in [-0.05, 0) is 20.9 Å². The van der Waals surface area contributed by atoms with Crippen LogP contribution in [0.4, 0.5) is 0 Å². The molecule has 0 unspecified atom stereocenters. The van der Waals surface area contributed by atoms with E-state index in [1.165, 1.54) is 0 Å². The predicted octanol–water partition coefficient (Wildman–Crippen LogP) is 0.491. The average molecular weight is 154 g/mol. The van der Waals surface area contributed by atoms with Crippen molar-refractivity contribution >= 4 is 18.4 Å². The van der Waals surface area contributed by atoms with Gasteiger partial charge in [0, 0.05) is 0 Å². The molecule has 9 heavy (non-hydrogen) atoms. The highest BCUT2D eigenvalue weighted by molar-refractivity contribution is 5.85. The lowest BCUT2D eigenvalue weighted by atomic mass is 10.1. The van der Waals surface area contributed by atoms with Crippen LogP contribution in [0.1, 0.15) is 13.8 Å². The van der Waals surface area contributed by atoms with Crippen molar-refractivity contribution in [1.29, 1.82) is 0 Å². The molecular weight excluding hydrogens is 142 g/mol. The lowest BCUT2D eigenvalue weighted by Gasteiger charge is -2.16. The van der Waals surface area contributed by atoms with Gasteiger partial charge in [0.15, 0.2) is 0 Å². The van der Waals surface area contributed by atoms with Gasteiger partial charge in [-0.15, -0.1) is 12.4 Å². The topological polar surface area (TPSA) is 49.3 Å². The molecular formula is C5H12ClNO2. The van der Waals surface area contributed by atoms with Crippen molar-refractivity contribution in [3.63, 3.8) is 0 Å². The molecule has 0 aliphatic rings. The number of carbonyl (C=O) groups is 1. The monoisotopic (exact) mass is 153 g/mol. The first kappa shape index (κ1) is 11.5. The number of halogens is 1. The first-order chi connectivity index (χ1) is 3.50. The maximum absolute atomic E-state index is 10.2. The first-order valence-electron chi connectivity index (χ1n) is 2.43. The van der Waals surface area contributed by atoms with Gasteiger partial charge in [-0.2, -0.15) is 0 Å². The second kappa shape index (κ2) is 3.69. The van der Waals surface area contributed by atoms with Crippen LogP contribution >= 0.6 is 12.4 Å². The highest BCUT2D eigenvalue weighted by Crippen LogP contribution is 1.98. The lowest BCUT2D eigenvalue weighted by Crippen LogP contribution is -2.44. The summed E-state index contributed by atoms with van der Waals surface area (Å²) < 4.78 is 0. The third-order valence-corrected chi connectivity index (χ3v) is 1.16. The van der Waals surface area contributed by atoms with Crippen LogP contribution < -0.4 is 5.32 Å². The summed E-state index contributed by atoms with van der Waals surface area (Å²) >= 11 is 0. The molecule has 4 heteroatoms. The quantitative estimate of drug-likeness (QED) is 0.607. The Labute approximate surface area is 60.9 Å². The van der Waals surface area contributed by atoms with Crippen molar-refractivity contribution in [1.82, 2.24) is 5.32 Å². The second-order valence-corrected chi connectivity index (χ2v) is 2.18. The Morgan fingerprint density at radius 1 is 1.56 bits per heavy atom. The fraction of sp³-hybridized carbons (Fsp3) is 0.800. The van der Waals surface area contributed by atoms with Gasteiger partial charge in [0.2, 0.25) is 0 Å². The molecule has 0 aliphatic carbocycles. The molecule has 0 aromatic rings. The summed E-state index contributed by atoms with van der Waals surface area (Å²) in [5.41, 5.74) is -0.792. The van der Waals surface area contributed by atoms with Crippen LogP contribution in [0.15, 0.2) is 0 Å². The Kier molecular flexibility index (Phi) is 4.72. The number of carboxylic acid groups (broad SMARTS) is 1. The molecule has 3 nitrogen and oxygen atoms in total. The van der Waals surface area contributed by atoms with Gasteiger partial charge in [-0.1, -0.05) is 0 Å². The van der Waals surface area contributed by atoms with E-state index >= 15 is 0 Å². The van der Waals surface area contributed by atoms with Crippen molar-refractivity contribution < 1.29 is 9.90 Å². The Morgan fingerprint density at radius 2 is 1.89 bits per heavy atom. The van der Waals surface area contributed by atoms with E-state index in [1.54, 1.807) is 20.9 Å². The van der Waals surface area contributed by atoms with Gasteiger partial charge in [-0.25, -0.2) is 0 Å². The van der Waals surface area contributed by atoms with Crippen molar-refractivity contribution in [3.05, 3.63) is 0 Å². The van der Waals surface area contributed by atoms with Crippen molar-refractivity contribution in [3.8, 4) is 0 Å². The van der Waals surface area contributed by atoms with E-state index in [-0.39, 0.29) is 12.4 Å². The maximum Gasteiger partial charge on any atom is 0.323 e. The average Bonchev–Trinajstić information content (AvgIpc) is 1.67. The zero-order valence-electron chi connectivity index (χ0n) is 5.76. The molecule has 0 atom stereocenters. The van der Waals surface area contributed by atoms with Crippen LogP contribution in [-0.2, 0) is 4.79 Å². The summed E-state index contributed by atoms with van der Waals surface area (Å²) in [6, 6.07) is 0. The number of rotatable bonds is 2. The van der Waals surface area contributed by atoms with E-state index in [2.05, 4.69) is 5.32 Å². The standard InChI is InChI=1S/C5H11NO2.ClH/c1-5(2,6-3)4(7)8;/h6H,1-3H3,(H,7,8);1H. The van der Waals surface area contributed by atoms with Gasteiger partial charge in [0.05, 0.1) is 0 Å². The molecule has 56 valence electrons. The smallest absolute Gasteiger partial charge is 0.323 e. The van der Waals surface area contributed by atoms with Crippen LogP contribution in [0, 0.1) is 0 Å². The molecule has 0 radical (unpaired) electrons. The number of likely N-dealkylation sites (N-methyl/N-ethyl adjacent to an activating group) is 1. The Morgan fingerprint density at radius 3 is 1.89 bits per heavy atom. The molecule has 0 fully saturated rings. The lowest BCUT2D eigenvalue weighted by molar-refractivity contribution is -0.143. The normalized spacial score (nSPS) is 10.1. The summed E-state index contributed by atoms with van der Waals surface area (Å²) in [5, 5.41) is 11.0. The second-order valence-electron chi connectivity index (χ2n) is 2.18. The molecule has 0 amide bonds. The predicted molar refractivity (Wildman–Crippen MR) is 38.0 cm³/mol.